The van der Waals surface area contributed by atoms with Crippen molar-refractivity contribution in [3.63, 3.8) is 0 Å². The number of nitrogens with one attached hydrogen (secondary N) is 2. The third-order valence-corrected chi connectivity index (χ3v) is 3.93. The van der Waals surface area contributed by atoms with E-state index < -0.39 is 6.04 Å². The van der Waals surface area contributed by atoms with E-state index in [0.29, 0.717) is 13.0 Å². The van der Waals surface area contributed by atoms with Crippen molar-refractivity contribution in [3.05, 3.63) is 42.7 Å². The Bertz CT molecular complexity index is 681. The monoisotopic (exact) mass is 312 g/mol. The van der Waals surface area contributed by atoms with E-state index in [-0.39, 0.29) is 18.4 Å². The summed E-state index contributed by atoms with van der Waals surface area (Å²) in [5.74, 6) is 0.470. The van der Waals surface area contributed by atoms with E-state index in [2.05, 4.69) is 15.6 Å². The molecule has 0 spiro atoms. The van der Waals surface area contributed by atoms with Crippen molar-refractivity contribution in [2.45, 2.75) is 31.8 Å². The number of hydrogen-bond acceptors (Lipinski definition) is 3. The molecular weight excluding hydrogens is 292 g/mol. The molecule has 0 bridgehead atoms. The van der Waals surface area contributed by atoms with Gasteiger partial charge in [0.25, 0.3) is 0 Å². The highest BCUT2D eigenvalue weighted by Crippen LogP contribution is 2.16. The maximum absolute atomic E-state index is 12.3. The van der Waals surface area contributed by atoms with Crippen LogP contribution in [0.5, 0.6) is 0 Å². The van der Waals surface area contributed by atoms with Gasteiger partial charge in [-0.25, -0.2) is 4.98 Å². The summed E-state index contributed by atoms with van der Waals surface area (Å²) >= 11 is 0. The third-order valence-electron chi connectivity index (χ3n) is 3.93. The fourth-order valence-corrected chi connectivity index (χ4v) is 2.76. The van der Waals surface area contributed by atoms with Crippen molar-refractivity contribution in [2.75, 3.05) is 6.54 Å². The quantitative estimate of drug-likeness (QED) is 0.894. The van der Waals surface area contributed by atoms with Crippen LogP contribution in [0.2, 0.25) is 0 Å². The van der Waals surface area contributed by atoms with Gasteiger partial charge in [0.1, 0.15) is 18.4 Å². The normalized spacial score (nSPS) is 18.1. The van der Waals surface area contributed by atoms with Crippen LogP contribution in [-0.4, -0.2) is 34.0 Å². The first kappa shape index (κ1) is 15.3. The average molecular weight is 312 g/mol. The number of benzene rings is 1. The summed E-state index contributed by atoms with van der Waals surface area (Å²) in [4.78, 5) is 28.5. The lowest BCUT2D eigenvalue weighted by atomic mass is 10.1. The standard InChI is InChI=1S/C17H20N4O2/c22-15(20-14-8-4-5-9-19-17(14)23)12-21-11-10-18-16(21)13-6-2-1-3-7-13/h1-3,6-7,10-11,14H,4-5,8-9,12H2,(H,19,23)(H,20,22). The number of carbonyl (C=O) groups is 2. The van der Waals surface area contributed by atoms with Crippen LogP contribution >= 0.6 is 0 Å². The van der Waals surface area contributed by atoms with Crippen LogP contribution in [0.25, 0.3) is 11.4 Å². The lowest BCUT2D eigenvalue weighted by molar-refractivity contribution is -0.129. The second kappa shape index (κ2) is 7.09. The highest BCUT2D eigenvalue weighted by atomic mass is 16.2. The molecule has 0 radical (unpaired) electrons. The van der Waals surface area contributed by atoms with Gasteiger partial charge in [-0.2, -0.15) is 0 Å². The predicted octanol–water partition coefficient (Wildman–Crippen LogP) is 1.33. The molecule has 1 unspecified atom stereocenters. The topological polar surface area (TPSA) is 76.0 Å². The van der Waals surface area contributed by atoms with Gasteiger partial charge in [-0.3, -0.25) is 9.59 Å². The number of hydrogen-bond donors (Lipinski definition) is 2. The molecule has 2 amide bonds. The Morgan fingerprint density at radius 3 is 2.96 bits per heavy atom. The van der Waals surface area contributed by atoms with Crippen LogP contribution in [0.4, 0.5) is 0 Å². The molecule has 1 aromatic carbocycles. The highest BCUT2D eigenvalue weighted by Gasteiger charge is 2.22. The summed E-state index contributed by atoms with van der Waals surface area (Å²) in [6.45, 7) is 0.832. The van der Waals surface area contributed by atoms with Crippen molar-refractivity contribution in [3.8, 4) is 11.4 Å². The molecule has 0 aliphatic carbocycles. The van der Waals surface area contributed by atoms with Gasteiger partial charge >= 0.3 is 0 Å². The maximum atomic E-state index is 12.3. The van der Waals surface area contributed by atoms with Crippen LogP contribution in [-0.2, 0) is 16.1 Å². The van der Waals surface area contributed by atoms with Crippen LogP contribution < -0.4 is 10.6 Å². The fraction of sp³-hybridized carbons (Fsp3) is 0.353. The zero-order valence-corrected chi connectivity index (χ0v) is 12.9. The largest absolute Gasteiger partial charge is 0.354 e. The van der Waals surface area contributed by atoms with Crippen molar-refractivity contribution in [2.24, 2.45) is 0 Å². The molecule has 3 rings (SSSR count). The van der Waals surface area contributed by atoms with E-state index in [1.807, 2.05) is 30.3 Å². The zero-order valence-electron chi connectivity index (χ0n) is 12.9. The number of imidazole rings is 1. The molecular formula is C17H20N4O2. The first-order chi connectivity index (χ1) is 11.2. The number of nitrogens with zero attached hydrogens (tertiary/aromatic N) is 2. The molecule has 1 atom stereocenters. The van der Waals surface area contributed by atoms with Crippen molar-refractivity contribution >= 4 is 11.8 Å². The van der Waals surface area contributed by atoms with Gasteiger partial charge in [0.2, 0.25) is 11.8 Å². The van der Waals surface area contributed by atoms with E-state index in [4.69, 9.17) is 0 Å². The predicted molar refractivity (Wildman–Crippen MR) is 86.5 cm³/mol. The minimum Gasteiger partial charge on any atom is -0.354 e. The Hall–Kier alpha value is -2.63. The molecule has 6 heteroatoms. The molecule has 1 aromatic heterocycles. The first-order valence-corrected chi connectivity index (χ1v) is 7.87. The first-order valence-electron chi connectivity index (χ1n) is 7.87. The van der Waals surface area contributed by atoms with E-state index in [0.717, 1.165) is 24.2 Å². The summed E-state index contributed by atoms with van der Waals surface area (Å²) in [7, 11) is 0. The zero-order chi connectivity index (χ0) is 16.1. The molecule has 6 nitrogen and oxygen atoms in total. The van der Waals surface area contributed by atoms with E-state index in [9.17, 15) is 9.59 Å². The minimum absolute atomic E-state index is 0.0928. The Balaban J connectivity index is 1.67. The summed E-state index contributed by atoms with van der Waals surface area (Å²) in [5.41, 5.74) is 0.956. The average Bonchev–Trinajstić information content (AvgIpc) is 2.92. The van der Waals surface area contributed by atoms with Crippen molar-refractivity contribution in [1.29, 1.82) is 0 Å². The molecule has 1 aliphatic rings. The SMILES string of the molecule is O=C(Cn1ccnc1-c1ccccc1)NC1CCCCNC1=O. The molecule has 2 aromatic rings. The second-order valence-electron chi connectivity index (χ2n) is 5.65. The summed E-state index contributed by atoms with van der Waals surface area (Å²) in [6.07, 6.45) is 6.03. The molecule has 1 aliphatic heterocycles. The van der Waals surface area contributed by atoms with Gasteiger partial charge in [-0.1, -0.05) is 30.3 Å². The Kier molecular flexibility index (Phi) is 4.71. The maximum Gasteiger partial charge on any atom is 0.242 e. The molecule has 2 heterocycles. The molecule has 0 saturated carbocycles. The number of carbonyl (C=O) groups excluding carboxylic acids is 2. The van der Waals surface area contributed by atoms with E-state index in [1.54, 1.807) is 17.0 Å². The third kappa shape index (κ3) is 3.77. The number of aromatic nitrogens is 2. The summed E-state index contributed by atoms with van der Waals surface area (Å²) in [5, 5.41) is 5.65. The summed E-state index contributed by atoms with van der Waals surface area (Å²) < 4.78 is 1.79. The van der Waals surface area contributed by atoms with Crippen LogP contribution in [0, 0.1) is 0 Å². The van der Waals surface area contributed by atoms with Crippen LogP contribution in [0.1, 0.15) is 19.3 Å². The smallest absolute Gasteiger partial charge is 0.242 e. The molecule has 1 fully saturated rings. The Morgan fingerprint density at radius 1 is 1.30 bits per heavy atom. The molecule has 120 valence electrons. The Morgan fingerprint density at radius 2 is 2.13 bits per heavy atom. The van der Waals surface area contributed by atoms with Crippen molar-refractivity contribution in [1.82, 2.24) is 20.2 Å². The number of rotatable bonds is 4. The lowest BCUT2D eigenvalue weighted by Crippen LogP contribution is -2.46. The number of amides is 2. The lowest BCUT2D eigenvalue weighted by Gasteiger charge is -2.16. The van der Waals surface area contributed by atoms with Gasteiger partial charge in [-0.05, 0) is 19.3 Å². The van der Waals surface area contributed by atoms with Gasteiger partial charge < -0.3 is 15.2 Å². The van der Waals surface area contributed by atoms with Gasteiger partial charge in [0.15, 0.2) is 0 Å². The second-order valence-corrected chi connectivity index (χ2v) is 5.65. The molecule has 2 N–H and O–H groups in total. The fourth-order valence-electron chi connectivity index (χ4n) is 2.76. The molecule has 1 saturated heterocycles. The molecule has 23 heavy (non-hydrogen) atoms. The van der Waals surface area contributed by atoms with Gasteiger partial charge in [0, 0.05) is 24.5 Å². The van der Waals surface area contributed by atoms with E-state index in [1.165, 1.54) is 0 Å². The van der Waals surface area contributed by atoms with Crippen LogP contribution in [0.3, 0.4) is 0 Å². The van der Waals surface area contributed by atoms with Crippen molar-refractivity contribution < 1.29 is 9.59 Å². The Labute approximate surface area is 134 Å². The van der Waals surface area contributed by atoms with Gasteiger partial charge in [0.05, 0.1) is 0 Å². The van der Waals surface area contributed by atoms with E-state index >= 15 is 0 Å². The minimum atomic E-state index is -0.436. The summed E-state index contributed by atoms with van der Waals surface area (Å²) in [6, 6.07) is 9.28. The van der Waals surface area contributed by atoms with Gasteiger partial charge in [-0.15, -0.1) is 0 Å². The highest BCUT2D eigenvalue weighted by molar-refractivity contribution is 5.87. The van der Waals surface area contributed by atoms with Crippen LogP contribution in [0.15, 0.2) is 42.7 Å².